The van der Waals surface area contributed by atoms with Crippen LogP contribution < -0.4 is 4.74 Å². The lowest BCUT2D eigenvalue weighted by Gasteiger charge is -2.12. The van der Waals surface area contributed by atoms with E-state index in [1.54, 1.807) is 72.8 Å². The predicted molar refractivity (Wildman–Crippen MR) is 162 cm³/mol. The number of esters is 1. The highest BCUT2D eigenvalue weighted by atomic mass is 19.1. The van der Waals surface area contributed by atoms with Gasteiger partial charge >= 0.3 is 5.97 Å². The number of nitrogens with zero attached hydrogens (tertiary/aromatic N) is 1. The van der Waals surface area contributed by atoms with Gasteiger partial charge in [0.2, 0.25) is 0 Å². The molecule has 1 atom stereocenters. The summed E-state index contributed by atoms with van der Waals surface area (Å²) in [5.41, 5.74) is 6.55. The van der Waals surface area contributed by atoms with Crippen molar-refractivity contribution in [2.45, 2.75) is 19.3 Å². The Morgan fingerprint density at radius 1 is 0.829 bits per heavy atom. The molecule has 0 saturated heterocycles. The molecule has 1 unspecified atom stereocenters. The van der Waals surface area contributed by atoms with Crippen molar-refractivity contribution < 1.29 is 13.9 Å². The molecule has 0 aliphatic heterocycles. The second kappa shape index (κ2) is 12.7. The average Bonchev–Trinajstić information content (AvgIpc) is 3.02. The number of benzene rings is 5. The molecule has 3 nitrogen and oxygen atoms in total. The van der Waals surface area contributed by atoms with Crippen LogP contribution in [0.1, 0.15) is 51.0 Å². The number of carbonyl (C=O) groups excluding carboxylic acids is 1. The largest absolute Gasteiger partial charge is 0.423 e. The molecule has 0 amide bonds. The Labute approximate surface area is 239 Å². The van der Waals surface area contributed by atoms with E-state index in [0.717, 1.165) is 23.1 Å². The molecule has 4 heteroatoms. The molecule has 0 spiro atoms. The number of rotatable bonds is 8. The molecule has 0 aromatic heterocycles. The lowest BCUT2D eigenvalue weighted by molar-refractivity contribution is 0.0734. The highest BCUT2D eigenvalue weighted by molar-refractivity contribution is 5.91. The average molecular weight is 538 g/mol. The van der Waals surface area contributed by atoms with Gasteiger partial charge in [-0.15, -0.1) is 0 Å². The van der Waals surface area contributed by atoms with E-state index in [1.165, 1.54) is 11.1 Å². The lowest BCUT2D eigenvalue weighted by Crippen LogP contribution is -2.08. The Morgan fingerprint density at radius 3 is 2.17 bits per heavy atom. The van der Waals surface area contributed by atoms with Crippen molar-refractivity contribution in [2.75, 3.05) is 0 Å². The second-order valence-electron chi connectivity index (χ2n) is 9.93. The van der Waals surface area contributed by atoms with Crippen LogP contribution in [0.2, 0.25) is 0 Å². The molecular weight excluding hydrogens is 509 g/mol. The van der Waals surface area contributed by atoms with E-state index in [2.05, 4.69) is 43.3 Å². The van der Waals surface area contributed by atoms with Crippen LogP contribution in [-0.2, 0) is 6.42 Å². The Balaban J connectivity index is 1.20. The van der Waals surface area contributed by atoms with Crippen LogP contribution in [0.15, 0.2) is 121 Å². The fourth-order valence-corrected chi connectivity index (χ4v) is 4.61. The van der Waals surface area contributed by atoms with Gasteiger partial charge in [0.05, 0.1) is 17.2 Å². The van der Waals surface area contributed by atoms with Gasteiger partial charge in [0.1, 0.15) is 11.6 Å². The third kappa shape index (κ3) is 7.03. The molecule has 5 aromatic rings. The van der Waals surface area contributed by atoms with E-state index in [1.807, 2.05) is 30.3 Å². The summed E-state index contributed by atoms with van der Waals surface area (Å²) in [6.07, 6.45) is 4.47. The molecular formula is C37H28FNO2. The van der Waals surface area contributed by atoms with Crippen molar-refractivity contribution in [2.24, 2.45) is 0 Å². The van der Waals surface area contributed by atoms with E-state index in [4.69, 9.17) is 10.00 Å². The maximum Gasteiger partial charge on any atom is 0.343 e. The molecule has 0 heterocycles. The van der Waals surface area contributed by atoms with Crippen molar-refractivity contribution in [1.82, 2.24) is 0 Å². The molecule has 0 N–H and O–H groups in total. The minimum absolute atomic E-state index is 0.303. The molecule has 200 valence electrons. The van der Waals surface area contributed by atoms with Crippen molar-refractivity contribution in [3.05, 3.63) is 161 Å². The summed E-state index contributed by atoms with van der Waals surface area (Å²) >= 11 is 0. The van der Waals surface area contributed by atoms with Crippen LogP contribution in [0.4, 0.5) is 4.39 Å². The molecule has 5 aromatic carbocycles. The zero-order valence-electron chi connectivity index (χ0n) is 22.6. The lowest BCUT2D eigenvalue weighted by atomic mass is 9.93. The highest BCUT2D eigenvalue weighted by Crippen LogP contribution is 2.26. The summed E-state index contributed by atoms with van der Waals surface area (Å²) in [5.74, 6) is -0.0104. The minimum atomic E-state index is -0.495. The molecule has 0 radical (unpaired) electrons. The van der Waals surface area contributed by atoms with Crippen LogP contribution in [0.3, 0.4) is 0 Å². The number of hydrogen-bond donors (Lipinski definition) is 0. The van der Waals surface area contributed by atoms with E-state index >= 15 is 0 Å². The van der Waals surface area contributed by atoms with Crippen LogP contribution in [0.5, 0.6) is 5.75 Å². The quantitative estimate of drug-likeness (QED) is 0.113. The van der Waals surface area contributed by atoms with Gasteiger partial charge in [0.25, 0.3) is 0 Å². The molecule has 0 aliphatic carbocycles. The fraction of sp³-hybridized carbons (Fsp3) is 0.0811. The molecule has 41 heavy (non-hydrogen) atoms. The fourth-order valence-electron chi connectivity index (χ4n) is 4.61. The zero-order valence-corrected chi connectivity index (χ0v) is 22.6. The van der Waals surface area contributed by atoms with E-state index in [-0.39, 0.29) is 5.82 Å². The SMILES string of the molecule is CC(Cc1ccc(-c2ccc(/C=C/c3ccc(C(=O)Oc4ccc(C#N)cc4)cc3)c(F)c2)cc1)c1ccccc1. The standard InChI is InChI=1S/C37H28FNO2/c1-26(30-5-3-2-4-6-30)23-28-10-14-31(15-11-28)34-20-19-32(36(38)24-34)16-7-27-8-17-33(18-9-27)37(40)41-35-21-12-29(25-39)13-22-35/h2-22,24,26H,23H2,1H3/b16-7+. The maximum absolute atomic E-state index is 15.0. The van der Waals surface area contributed by atoms with Gasteiger partial charge in [-0.25, -0.2) is 9.18 Å². The van der Waals surface area contributed by atoms with Gasteiger partial charge in [-0.05, 0) is 82.6 Å². The first-order valence-electron chi connectivity index (χ1n) is 13.4. The number of carbonyl (C=O) groups is 1. The summed E-state index contributed by atoms with van der Waals surface area (Å²) in [4.78, 5) is 12.4. The first kappa shape index (κ1) is 27.3. The Kier molecular flexibility index (Phi) is 8.47. The summed E-state index contributed by atoms with van der Waals surface area (Å²) in [7, 11) is 0. The summed E-state index contributed by atoms with van der Waals surface area (Å²) in [6.45, 7) is 2.23. The summed E-state index contributed by atoms with van der Waals surface area (Å²) in [6, 6.07) is 39.3. The Bertz CT molecular complexity index is 1700. The zero-order chi connectivity index (χ0) is 28.6. The van der Waals surface area contributed by atoms with Crippen molar-refractivity contribution in [3.8, 4) is 22.9 Å². The Morgan fingerprint density at radius 2 is 1.51 bits per heavy atom. The topological polar surface area (TPSA) is 50.1 Å². The van der Waals surface area contributed by atoms with Gasteiger partial charge in [0.15, 0.2) is 0 Å². The van der Waals surface area contributed by atoms with Gasteiger partial charge in [-0.2, -0.15) is 5.26 Å². The number of ether oxygens (including phenoxy) is 1. The van der Waals surface area contributed by atoms with Crippen molar-refractivity contribution in [3.63, 3.8) is 0 Å². The van der Waals surface area contributed by atoms with Crippen LogP contribution in [0.25, 0.3) is 23.3 Å². The van der Waals surface area contributed by atoms with Gasteiger partial charge in [0, 0.05) is 5.56 Å². The third-order valence-electron chi connectivity index (χ3n) is 6.99. The first-order valence-corrected chi connectivity index (χ1v) is 13.4. The van der Waals surface area contributed by atoms with Gasteiger partial charge < -0.3 is 4.74 Å². The monoisotopic (exact) mass is 537 g/mol. The van der Waals surface area contributed by atoms with Crippen LogP contribution in [0, 0.1) is 17.1 Å². The highest BCUT2D eigenvalue weighted by Gasteiger charge is 2.10. The van der Waals surface area contributed by atoms with E-state index in [0.29, 0.717) is 28.4 Å². The van der Waals surface area contributed by atoms with Gasteiger partial charge in [-0.3, -0.25) is 0 Å². The third-order valence-corrected chi connectivity index (χ3v) is 6.99. The molecule has 0 aliphatic rings. The van der Waals surface area contributed by atoms with E-state index < -0.39 is 5.97 Å². The minimum Gasteiger partial charge on any atom is -0.423 e. The summed E-state index contributed by atoms with van der Waals surface area (Å²) < 4.78 is 20.3. The molecule has 0 fully saturated rings. The molecule has 5 rings (SSSR count). The second-order valence-corrected chi connectivity index (χ2v) is 9.93. The molecule has 0 saturated carbocycles. The van der Waals surface area contributed by atoms with Crippen molar-refractivity contribution in [1.29, 1.82) is 5.26 Å². The van der Waals surface area contributed by atoms with Crippen LogP contribution in [-0.4, -0.2) is 5.97 Å². The van der Waals surface area contributed by atoms with Gasteiger partial charge in [-0.1, -0.05) is 97.9 Å². The molecule has 0 bridgehead atoms. The number of hydrogen-bond acceptors (Lipinski definition) is 3. The van der Waals surface area contributed by atoms with Crippen LogP contribution >= 0.6 is 0 Å². The number of halogens is 1. The first-order chi connectivity index (χ1) is 20.0. The Hall–Kier alpha value is -5.27. The smallest absolute Gasteiger partial charge is 0.343 e. The van der Waals surface area contributed by atoms with Crippen molar-refractivity contribution >= 4 is 18.1 Å². The van der Waals surface area contributed by atoms with E-state index in [9.17, 15) is 9.18 Å². The maximum atomic E-state index is 15.0. The summed E-state index contributed by atoms with van der Waals surface area (Å²) in [5, 5.41) is 8.88. The predicted octanol–water partition coefficient (Wildman–Crippen LogP) is 9.10. The number of nitriles is 1. The normalized spacial score (nSPS) is 11.6.